The van der Waals surface area contributed by atoms with E-state index in [1.165, 1.54) is 24.3 Å². The number of ether oxygens (including phenoxy) is 2. The van der Waals surface area contributed by atoms with E-state index in [0.29, 0.717) is 31.6 Å². The van der Waals surface area contributed by atoms with Gasteiger partial charge in [0.25, 0.3) is 0 Å². The number of ketones is 1. The number of benzene rings is 1. The first-order chi connectivity index (χ1) is 10.1. The van der Waals surface area contributed by atoms with E-state index in [0.717, 1.165) is 0 Å². The topological polar surface area (TPSA) is 59.3 Å². The second-order valence-electron chi connectivity index (χ2n) is 4.80. The Morgan fingerprint density at radius 2 is 1.90 bits per heavy atom. The highest BCUT2D eigenvalue weighted by atomic mass is 19.3. The Morgan fingerprint density at radius 1 is 1.29 bits per heavy atom. The SMILES string of the molecule is N#CC(C(=O)C1CCOCC1)c1ccc(OC(F)F)cc1. The highest BCUT2D eigenvalue weighted by molar-refractivity contribution is 5.90. The average molecular weight is 295 g/mol. The van der Waals surface area contributed by atoms with Crippen LogP contribution in [-0.4, -0.2) is 25.6 Å². The fourth-order valence-corrected chi connectivity index (χ4v) is 2.36. The zero-order valence-corrected chi connectivity index (χ0v) is 11.3. The van der Waals surface area contributed by atoms with Crippen LogP contribution < -0.4 is 4.74 Å². The molecule has 0 amide bonds. The van der Waals surface area contributed by atoms with Crippen molar-refractivity contribution in [2.45, 2.75) is 25.4 Å². The van der Waals surface area contributed by atoms with Gasteiger partial charge in [0.2, 0.25) is 0 Å². The second kappa shape index (κ2) is 7.14. The molecule has 1 aliphatic rings. The summed E-state index contributed by atoms with van der Waals surface area (Å²) in [5.74, 6) is -1.19. The Morgan fingerprint density at radius 3 is 2.43 bits per heavy atom. The Bertz CT molecular complexity index is 519. The average Bonchev–Trinajstić information content (AvgIpc) is 2.50. The van der Waals surface area contributed by atoms with Crippen molar-refractivity contribution in [2.75, 3.05) is 13.2 Å². The van der Waals surface area contributed by atoms with Gasteiger partial charge in [0.15, 0.2) is 5.78 Å². The van der Waals surface area contributed by atoms with E-state index in [4.69, 9.17) is 4.74 Å². The van der Waals surface area contributed by atoms with Gasteiger partial charge in [-0.15, -0.1) is 0 Å². The smallest absolute Gasteiger partial charge is 0.387 e. The van der Waals surface area contributed by atoms with Crippen molar-refractivity contribution in [1.29, 1.82) is 5.26 Å². The predicted molar refractivity (Wildman–Crippen MR) is 70.0 cm³/mol. The minimum absolute atomic E-state index is 0.00366. The quantitative estimate of drug-likeness (QED) is 0.838. The third kappa shape index (κ3) is 3.99. The molecular formula is C15H15F2NO3. The van der Waals surface area contributed by atoms with E-state index in [9.17, 15) is 18.8 Å². The summed E-state index contributed by atoms with van der Waals surface area (Å²) < 4.78 is 33.6. The maximum atomic E-state index is 12.4. The third-order valence-electron chi connectivity index (χ3n) is 3.48. The first-order valence-corrected chi connectivity index (χ1v) is 6.67. The molecule has 0 aromatic heterocycles. The van der Waals surface area contributed by atoms with Crippen LogP contribution in [0.25, 0.3) is 0 Å². The Hall–Kier alpha value is -2.00. The van der Waals surface area contributed by atoms with Crippen molar-refractivity contribution in [3.63, 3.8) is 0 Å². The molecule has 1 atom stereocenters. The van der Waals surface area contributed by atoms with Crippen LogP contribution in [0.1, 0.15) is 24.3 Å². The number of hydrogen-bond donors (Lipinski definition) is 0. The van der Waals surface area contributed by atoms with Gasteiger partial charge in [0.1, 0.15) is 11.7 Å². The van der Waals surface area contributed by atoms with Crippen LogP contribution in [0.15, 0.2) is 24.3 Å². The molecule has 1 aliphatic heterocycles. The van der Waals surface area contributed by atoms with Crippen molar-refractivity contribution in [3.05, 3.63) is 29.8 Å². The molecule has 0 aliphatic carbocycles. The fourth-order valence-electron chi connectivity index (χ4n) is 2.36. The second-order valence-corrected chi connectivity index (χ2v) is 4.80. The number of Topliss-reactive ketones (excluding diaryl/α,β-unsaturated/α-hetero) is 1. The monoisotopic (exact) mass is 295 g/mol. The number of nitrogens with zero attached hydrogens (tertiary/aromatic N) is 1. The summed E-state index contributed by atoms with van der Waals surface area (Å²) >= 11 is 0. The molecule has 1 aromatic rings. The van der Waals surface area contributed by atoms with Gasteiger partial charge >= 0.3 is 6.61 Å². The minimum Gasteiger partial charge on any atom is -0.435 e. The molecule has 112 valence electrons. The number of rotatable bonds is 5. The van der Waals surface area contributed by atoms with Crippen LogP contribution in [0.4, 0.5) is 8.78 Å². The van der Waals surface area contributed by atoms with Gasteiger partial charge in [-0.2, -0.15) is 14.0 Å². The number of alkyl halides is 2. The van der Waals surface area contributed by atoms with Crippen molar-refractivity contribution >= 4 is 5.78 Å². The fraction of sp³-hybridized carbons (Fsp3) is 0.467. The molecule has 4 nitrogen and oxygen atoms in total. The maximum Gasteiger partial charge on any atom is 0.387 e. The molecule has 0 radical (unpaired) electrons. The lowest BCUT2D eigenvalue weighted by molar-refractivity contribution is -0.126. The zero-order chi connectivity index (χ0) is 15.2. The van der Waals surface area contributed by atoms with Gasteiger partial charge in [-0.25, -0.2) is 0 Å². The van der Waals surface area contributed by atoms with Crippen molar-refractivity contribution < 1.29 is 23.0 Å². The Labute approximate surface area is 121 Å². The lowest BCUT2D eigenvalue weighted by Gasteiger charge is -2.22. The number of halogens is 2. The largest absolute Gasteiger partial charge is 0.435 e. The van der Waals surface area contributed by atoms with Gasteiger partial charge in [-0.3, -0.25) is 4.79 Å². The summed E-state index contributed by atoms with van der Waals surface area (Å²) in [6.07, 6.45) is 1.23. The predicted octanol–water partition coefficient (Wildman–Crippen LogP) is 2.89. The van der Waals surface area contributed by atoms with Crippen LogP contribution >= 0.6 is 0 Å². The van der Waals surface area contributed by atoms with Crippen LogP contribution in [0.3, 0.4) is 0 Å². The molecule has 6 heteroatoms. The van der Waals surface area contributed by atoms with Gasteiger partial charge in [-0.05, 0) is 30.5 Å². The first-order valence-electron chi connectivity index (χ1n) is 6.67. The normalized spacial score (nSPS) is 17.2. The zero-order valence-electron chi connectivity index (χ0n) is 11.3. The van der Waals surface area contributed by atoms with Crippen LogP contribution in [0.5, 0.6) is 5.75 Å². The highest BCUT2D eigenvalue weighted by Gasteiger charge is 2.29. The maximum absolute atomic E-state index is 12.4. The lowest BCUT2D eigenvalue weighted by Crippen LogP contribution is -2.27. The van der Waals surface area contributed by atoms with E-state index >= 15 is 0 Å². The van der Waals surface area contributed by atoms with E-state index in [-0.39, 0.29) is 17.5 Å². The third-order valence-corrected chi connectivity index (χ3v) is 3.48. The molecule has 0 spiro atoms. The van der Waals surface area contributed by atoms with Gasteiger partial charge in [0, 0.05) is 19.1 Å². The molecule has 0 N–H and O–H groups in total. The number of carbonyl (C=O) groups excluding carboxylic acids is 1. The van der Waals surface area contributed by atoms with Crippen molar-refractivity contribution in [3.8, 4) is 11.8 Å². The first kappa shape index (κ1) is 15.4. The molecule has 1 aromatic carbocycles. The van der Waals surface area contributed by atoms with Crippen molar-refractivity contribution in [1.82, 2.24) is 0 Å². The molecule has 1 saturated heterocycles. The van der Waals surface area contributed by atoms with Gasteiger partial charge in [0.05, 0.1) is 6.07 Å². The number of carbonyl (C=O) groups is 1. The summed E-state index contributed by atoms with van der Waals surface area (Å²) in [6.45, 7) is -1.85. The summed E-state index contributed by atoms with van der Waals surface area (Å²) in [5, 5.41) is 9.24. The van der Waals surface area contributed by atoms with E-state index in [1.54, 1.807) is 0 Å². The van der Waals surface area contributed by atoms with E-state index in [2.05, 4.69) is 4.74 Å². The standard InChI is InChI=1S/C15H15F2NO3/c16-15(17)21-12-3-1-10(2-4-12)13(9-18)14(19)11-5-7-20-8-6-11/h1-4,11,13,15H,5-8H2. The van der Waals surface area contributed by atoms with Gasteiger partial charge < -0.3 is 9.47 Å². The van der Waals surface area contributed by atoms with E-state index in [1.807, 2.05) is 6.07 Å². The minimum atomic E-state index is -2.90. The lowest BCUT2D eigenvalue weighted by atomic mass is 9.84. The molecule has 1 heterocycles. The van der Waals surface area contributed by atoms with Crippen molar-refractivity contribution in [2.24, 2.45) is 5.92 Å². The molecule has 0 bridgehead atoms. The molecule has 21 heavy (non-hydrogen) atoms. The molecule has 1 unspecified atom stereocenters. The molecule has 2 rings (SSSR count). The highest BCUT2D eigenvalue weighted by Crippen LogP contribution is 2.27. The Kier molecular flexibility index (Phi) is 5.23. The van der Waals surface area contributed by atoms with Crippen LogP contribution in [0.2, 0.25) is 0 Å². The summed E-state index contributed by atoms with van der Waals surface area (Å²) in [6, 6.07) is 7.62. The summed E-state index contributed by atoms with van der Waals surface area (Å²) in [4.78, 5) is 12.4. The molecular weight excluding hydrogens is 280 g/mol. The Balaban J connectivity index is 2.09. The van der Waals surface area contributed by atoms with Gasteiger partial charge in [-0.1, -0.05) is 12.1 Å². The van der Waals surface area contributed by atoms with E-state index < -0.39 is 12.5 Å². The summed E-state index contributed by atoms with van der Waals surface area (Å²) in [5.41, 5.74) is 0.496. The molecule has 1 fully saturated rings. The summed E-state index contributed by atoms with van der Waals surface area (Å²) in [7, 11) is 0. The van der Waals surface area contributed by atoms with Crippen LogP contribution in [-0.2, 0) is 9.53 Å². The van der Waals surface area contributed by atoms with Crippen LogP contribution in [0, 0.1) is 17.2 Å². The molecule has 0 saturated carbocycles. The number of nitriles is 1. The number of hydrogen-bond acceptors (Lipinski definition) is 4.